The maximum atomic E-state index is 11.9. The third kappa shape index (κ3) is 8.29. The molecule has 0 aromatic heterocycles. The van der Waals surface area contributed by atoms with Gasteiger partial charge in [0.25, 0.3) is 0 Å². The van der Waals surface area contributed by atoms with Crippen molar-refractivity contribution in [3.05, 3.63) is 0 Å². The standard InChI is InChI=1S/C14H26N2O5/c1-8(2)11(13(19)20)16-12(18)9(3)15-7-10(17)21-14(4,5)6/h8-9,11,15H,7H2,1-6H3,(H,16,18)(H,19,20). The molecule has 0 aliphatic carbocycles. The molecule has 1 amide bonds. The van der Waals surface area contributed by atoms with Gasteiger partial charge in [-0.2, -0.15) is 0 Å². The van der Waals surface area contributed by atoms with Crippen LogP contribution in [0, 0.1) is 5.92 Å². The summed E-state index contributed by atoms with van der Waals surface area (Å²) >= 11 is 0. The lowest BCUT2D eigenvalue weighted by molar-refractivity contribution is -0.154. The maximum Gasteiger partial charge on any atom is 0.326 e. The summed E-state index contributed by atoms with van der Waals surface area (Å²) < 4.78 is 5.10. The van der Waals surface area contributed by atoms with Crippen LogP contribution in [0.15, 0.2) is 0 Å². The van der Waals surface area contributed by atoms with Crippen LogP contribution in [0.25, 0.3) is 0 Å². The van der Waals surface area contributed by atoms with Crippen molar-refractivity contribution < 1.29 is 24.2 Å². The SMILES string of the molecule is CC(NCC(=O)OC(C)(C)C)C(=O)NC(C(=O)O)C(C)C. The molecule has 0 aromatic rings. The van der Waals surface area contributed by atoms with Crippen molar-refractivity contribution in [2.45, 2.75) is 59.2 Å². The monoisotopic (exact) mass is 302 g/mol. The first-order chi connectivity index (χ1) is 9.44. The second-order valence-electron chi connectivity index (χ2n) is 6.26. The van der Waals surface area contributed by atoms with Gasteiger partial charge in [0, 0.05) is 0 Å². The summed E-state index contributed by atoms with van der Waals surface area (Å²) in [5, 5.41) is 14.2. The first kappa shape index (κ1) is 19.4. The average molecular weight is 302 g/mol. The van der Waals surface area contributed by atoms with Gasteiger partial charge in [-0.1, -0.05) is 13.8 Å². The van der Waals surface area contributed by atoms with Crippen LogP contribution in [0.5, 0.6) is 0 Å². The molecular weight excluding hydrogens is 276 g/mol. The Hall–Kier alpha value is -1.63. The van der Waals surface area contributed by atoms with E-state index in [4.69, 9.17) is 9.84 Å². The van der Waals surface area contributed by atoms with E-state index in [9.17, 15) is 14.4 Å². The predicted molar refractivity (Wildman–Crippen MR) is 77.7 cm³/mol. The largest absolute Gasteiger partial charge is 0.480 e. The Balaban J connectivity index is 4.34. The molecule has 2 atom stereocenters. The van der Waals surface area contributed by atoms with E-state index in [1.807, 2.05) is 0 Å². The summed E-state index contributed by atoms with van der Waals surface area (Å²) in [5.41, 5.74) is -0.587. The Bertz CT molecular complexity index is 387. The molecule has 0 spiro atoms. The van der Waals surface area contributed by atoms with Gasteiger partial charge in [0.05, 0.1) is 12.6 Å². The van der Waals surface area contributed by atoms with Gasteiger partial charge in [0.2, 0.25) is 5.91 Å². The minimum Gasteiger partial charge on any atom is -0.480 e. The summed E-state index contributed by atoms with van der Waals surface area (Å²) in [6, 6.07) is -1.65. The highest BCUT2D eigenvalue weighted by molar-refractivity contribution is 5.87. The van der Waals surface area contributed by atoms with Gasteiger partial charge in [-0.3, -0.25) is 14.9 Å². The average Bonchev–Trinajstić information content (AvgIpc) is 2.29. The molecule has 0 aromatic carbocycles. The quantitative estimate of drug-likeness (QED) is 0.593. The fourth-order valence-electron chi connectivity index (χ4n) is 1.50. The van der Waals surface area contributed by atoms with Gasteiger partial charge in [0.15, 0.2) is 0 Å². The maximum absolute atomic E-state index is 11.9. The van der Waals surface area contributed by atoms with Crippen molar-refractivity contribution in [3.8, 4) is 0 Å². The topological polar surface area (TPSA) is 105 Å². The van der Waals surface area contributed by atoms with E-state index in [1.165, 1.54) is 0 Å². The minimum absolute atomic E-state index is 0.120. The number of hydrogen-bond donors (Lipinski definition) is 3. The van der Waals surface area contributed by atoms with Crippen molar-refractivity contribution in [2.24, 2.45) is 5.92 Å². The molecule has 0 radical (unpaired) electrons. The zero-order chi connectivity index (χ0) is 16.8. The number of amides is 1. The van der Waals surface area contributed by atoms with Crippen LogP contribution >= 0.6 is 0 Å². The van der Waals surface area contributed by atoms with Crippen molar-refractivity contribution in [1.29, 1.82) is 0 Å². The molecule has 0 aliphatic heterocycles. The van der Waals surface area contributed by atoms with Crippen molar-refractivity contribution in [2.75, 3.05) is 6.54 Å². The summed E-state index contributed by atoms with van der Waals surface area (Å²) in [7, 11) is 0. The number of carbonyl (C=O) groups is 3. The predicted octanol–water partition coefficient (Wildman–Crippen LogP) is 0.532. The molecule has 21 heavy (non-hydrogen) atoms. The van der Waals surface area contributed by atoms with Crippen LogP contribution in [-0.2, 0) is 19.1 Å². The fourth-order valence-corrected chi connectivity index (χ4v) is 1.50. The van der Waals surface area contributed by atoms with Gasteiger partial charge in [-0.05, 0) is 33.6 Å². The fraction of sp³-hybridized carbons (Fsp3) is 0.786. The Morgan fingerprint density at radius 3 is 2.05 bits per heavy atom. The second kappa shape index (κ2) is 7.97. The highest BCUT2D eigenvalue weighted by Crippen LogP contribution is 2.06. The summed E-state index contributed by atoms with van der Waals surface area (Å²) in [6.45, 7) is 10.1. The molecule has 3 N–H and O–H groups in total. The van der Waals surface area contributed by atoms with Crippen LogP contribution in [0.1, 0.15) is 41.5 Å². The normalized spacial score (nSPS) is 14.4. The number of carboxylic acids is 1. The molecule has 0 rings (SSSR count). The van der Waals surface area contributed by atoms with Crippen LogP contribution in [0.3, 0.4) is 0 Å². The third-order valence-electron chi connectivity index (χ3n) is 2.60. The number of nitrogens with one attached hydrogen (secondary N) is 2. The molecule has 0 saturated carbocycles. The van der Waals surface area contributed by atoms with Crippen molar-refractivity contribution in [3.63, 3.8) is 0 Å². The second-order valence-corrected chi connectivity index (χ2v) is 6.26. The summed E-state index contributed by atoms with van der Waals surface area (Å²) in [6.07, 6.45) is 0. The highest BCUT2D eigenvalue weighted by atomic mass is 16.6. The smallest absolute Gasteiger partial charge is 0.326 e. The summed E-state index contributed by atoms with van der Waals surface area (Å²) in [4.78, 5) is 34.4. The number of aliphatic carboxylic acids is 1. The van der Waals surface area contributed by atoms with Crippen LogP contribution < -0.4 is 10.6 Å². The van der Waals surface area contributed by atoms with Crippen molar-refractivity contribution >= 4 is 17.8 Å². The molecule has 0 heterocycles. The Morgan fingerprint density at radius 1 is 1.14 bits per heavy atom. The minimum atomic E-state index is -1.09. The van der Waals surface area contributed by atoms with Gasteiger partial charge in [-0.15, -0.1) is 0 Å². The van der Waals surface area contributed by atoms with Gasteiger partial charge >= 0.3 is 11.9 Å². The molecule has 0 fully saturated rings. The molecule has 7 heteroatoms. The Labute approximate surface area is 125 Å². The van der Waals surface area contributed by atoms with E-state index in [0.29, 0.717) is 0 Å². The molecule has 0 aliphatic rings. The summed E-state index contributed by atoms with van der Waals surface area (Å²) in [5.74, 6) is -2.26. The number of carbonyl (C=O) groups excluding carboxylic acids is 2. The van der Waals surface area contributed by atoms with E-state index < -0.39 is 35.5 Å². The molecule has 0 saturated heterocycles. The third-order valence-corrected chi connectivity index (χ3v) is 2.60. The Morgan fingerprint density at radius 2 is 1.67 bits per heavy atom. The number of carboxylic acid groups (broad SMARTS) is 1. The molecule has 7 nitrogen and oxygen atoms in total. The van der Waals surface area contributed by atoms with E-state index in [2.05, 4.69) is 10.6 Å². The van der Waals surface area contributed by atoms with Gasteiger partial charge in [0.1, 0.15) is 11.6 Å². The van der Waals surface area contributed by atoms with Crippen LogP contribution in [-0.4, -0.2) is 47.2 Å². The number of esters is 1. The lowest BCUT2D eigenvalue weighted by Crippen LogP contribution is -2.51. The zero-order valence-corrected chi connectivity index (χ0v) is 13.5. The molecule has 122 valence electrons. The zero-order valence-electron chi connectivity index (χ0n) is 13.5. The number of ether oxygens (including phenoxy) is 1. The lowest BCUT2D eigenvalue weighted by Gasteiger charge is -2.22. The first-order valence-corrected chi connectivity index (χ1v) is 6.92. The highest BCUT2D eigenvalue weighted by Gasteiger charge is 2.26. The number of hydrogen-bond acceptors (Lipinski definition) is 5. The van der Waals surface area contributed by atoms with E-state index in [-0.39, 0.29) is 12.5 Å². The lowest BCUT2D eigenvalue weighted by atomic mass is 10.0. The molecule has 2 unspecified atom stereocenters. The van der Waals surface area contributed by atoms with Crippen molar-refractivity contribution in [1.82, 2.24) is 10.6 Å². The van der Waals surface area contributed by atoms with E-state index >= 15 is 0 Å². The van der Waals surface area contributed by atoms with Gasteiger partial charge < -0.3 is 15.2 Å². The van der Waals surface area contributed by atoms with E-state index in [0.717, 1.165) is 0 Å². The molecule has 0 bridgehead atoms. The first-order valence-electron chi connectivity index (χ1n) is 6.92. The van der Waals surface area contributed by atoms with Gasteiger partial charge in [-0.25, -0.2) is 4.79 Å². The Kier molecular flexibility index (Phi) is 7.35. The van der Waals surface area contributed by atoms with Crippen LogP contribution in [0.4, 0.5) is 0 Å². The number of rotatable bonds is 7. The van der Waals surface area contributed by atoms with E-state index in [1.54, 1.807) is 41.5 Å². The molecular formula is C14H26N2O5. The van der Waals surface area contributed by atoms with Crippen LogP contribution in [0.2, 0.25) is 0 Å².